The molecule has 120 valence electrons. The first-order valence-electron chi connectivity index (χ1n) is 7.63. The molecule has 0 amide bonds. The molecule has 0 bridgehead atoms. The second-order valence-electron chi connectivity index (χ2n) is 6.09. The molecule has 3 aromatic carbocycles. The van der Waals surface area contributed by atoms with Gasteiger partial charge in [-0.2, -0.15) is 0 Å². The van der Waals surface area contributed by atoms with Gasteiger partial charge in [-0.3, -0.25) is 4.90 Å². The van der Waals surface area contributed by atoms with Crippen molar-refractivity contribution in [3.8, 4) is 0 Å². The monoisotopic (exact) mass is 373 g/mol. The molecular weight excluding hydrogens is 354 g/mol. The van der Waals surface area contributed by atoms with Crippen LogP contribution in [0.1, 0.15) is 5.56 Å². The minimum atomic E-state index is -1.22. The van der Waals surface area contributed by atoms with Crippen molar-refractivity contribution in [3.05, 3.63) is 60.2 Å². The van der Waals surface area contributed by atoms with Crippen molar-refractivity contribution in [2.45, 2.75) is 5.79 Å². The van der Waals surface area contributed by atoms with E-state index in [1.165, 1.54) is 16.2 Å². The maximum absolute atomic E-state index is 10.8. The van der Waals surface area contributed by atoms with Gasteiger partial charge in [0.15, 0.2) is 0 Å². The first kappa shape index (κ1) is 16.4. The fraction of sp³-hybridized carbons (Fsp3) is 0.263. The lowest BCUT2D eigenvalue weighted by Gasteiger charge is -2.37. The molecule has 1 heterocycles. The molecule has 0 spiro atoms. The van der Waals surface area contributed by atoms with Crippen molar-refractivity contribution >= 4 is 38.5 Å². The molecule has 3 nitrogen and oxygen atoms in total. The van der Waals surface area contributed by atoms with Crippen LogP contribution in [0.3, 0.4) is 0 Å². The van der Waals surface area contributed by atoms with Gasteiger partial charge in [0, 0.05) is 12.1 Å². The second-order valence-corrected chi connectivity index (χ2v) is 6.09. The van der Waals surface area contributed by atoms with E-state index in [0.717, 1.165) is 17.5 Å². The summed E-state index contributed by atoms with van der Waals surface area (Å²) < 4.78 is 5.67. The number of benzene rings is 3. The summed E-state index contributed by atoms with van der Waals surface area (Å²) in [6, 6.07) is 18.7. The molecule has 1 N–H and O–H groups in total. The highest BCUT2D eigenvalue weighted by molar-refractivity contribution is 8.93. The second kappa shape index (κ2) is 6.21. The van der Waals surface area contributed by atoms with E-state index in [-0.39, 0.29) is 17.0 Å². The van der Waals surface area contributed by atoms with Gasteiger partial charge in [0.05, 0.1) is 13.2 Å². The predicted molar refractivity (Wildman–Crippen MR) is 99.1 cm³/mol. The molecule has 0 aliphatic carbocycles. The van der Waals surface area contributed by atoms with Gasteiger partial charge >= 0.3 is 0 Å². The highest BCUT2D eigenvalue weighted by Crippen LogP contribution is 2.32. The lowest BCUT2D eigenvalue weighted by molar-refractivity contribution is -0.245. The van der Waals surface area contributed by atoms with Gasteiger partial charge in [0.25, 0.3) is 0 Å². The van der Waals surface area contributed by atoms with Crippen molar-refractivity contribution in [1.82, 2.24) is 4.90 Å². The van der Waals surface area contributed by atoms with Gasteiger partial charge in [0.1, 0.15) is 0 Å². The highest BCUT2D eigenvalue weighted by atomic mass is 79.9. The number of nitrogens with zero attached hydrogens (tertiary/aromatic N) is 1. The van der Waals surface area contributed by atoms with Crippen molar-refractivity contribution in [2.24, 2.45) is 0 Å². The Morgan fingerprint density at radius 2 is 1.74 bits per heavy atom. The van der Waals surface area contributed by atoms with Crippen LogP contribution >= 0.6 is 17.0 Å². The number of hydrogen-bond acceptors (Lipinski definition) is 3. The summed E-state index contributed by atoms with van der Waals surface area (Å²) in [4.78, 5) is 2.09. The third kappa shape index (κ3) is 2.88. The Morgan fingerprint density at radius 3 is 2.57 bits per heavy atom. The Bertz CT molecular complexity index is 851. The van der Waals surface area contributed by atoms with E-state index in [1.54, 1.807) is 0 Å². The molecule has 1 saturated heterocycles. The van der Waals surface area contributed by atoms with Crippen LogP contribution in [0.5, 0.6) is 0 Å². The molecule has 1 atom stereocenters. The number of rotatable bonds is 1. The summed E-state index contributed by atoms with van der Waals surface area (Å²) in [5.74, 6) is -1.22. The van der Waals surface area contributed by atoms with Crippen molar-refractivity contribution < 1.29 is 9.84 Å². The lowest BCUT2D eigenvalue weighted by Crippen LogP contribution is -2.48. The Kier molecular flexibility index (Phi) is 4.43. The molecule has 1 fully saturated rings. The average molecular weight is 374 g/mol. The Balaban J connectivity index is 0.00000156. The molecular formula is C19H20BrNO2. The summed E-state index contributed by atoms with van der Waals surface area (Å²) in [6.45, 7) is 1.88. The largest absolute Gasteiger partial charge is 0.361 e. The summed E-state index contributed by atoms with van der Waals surface area (Å²) in [5, 5.41) is 15.6. The zero-order chi connectivity index (χ0) is 15.2. The van der Waals surface area contributed by atoms with Crippen molar-refractivity contribution in [1.29, 1.82) is 0 Å². The van der Waals surface area contributed by atoms with Crippen LogP contribution in [0.25, 0.3) is 21.5 Å². The minimum absolute atomic E-state index is 0. The summed E-state index contributed by atoms with van der Waals surface area (Å²) in [6.07, 6.45) is 0. The molecule has 1 aliphatic heterocycles. The number of fused-ring (bicyclic) bond motifs is 3. The normalized spacial score (nSPS) is 22.2. The van der Waals surface area contributed by atoms with E-state index in [1.807, 2.05) is 19.2 Å². The smallest absolute Gasteiger partial charge is 0.205 e. The molecule has 4 heteroatoms. The van der Waals surface area contributed by atoms with E-state index < -0.39 is 5.79 Å². The first-order valence-corrected chi connectivity index (χ1v) is 7.63. The lowest BCUT2D eigenvalue weighted by atomic mass is 9.96. The number of ether oxygens (including phenoxy) is 1. The van der Waals surface area contributed by atoms with E-state index in [2.05, 4.69) is 47.4 Å². The standard InChI is InChI=1S/C19H19NO2.BrH/c1-20-10-11-22-19(21,13-20)16-8-9-18-15(12-16)7-6-14-4-2-3-5-17(14)18;/h2-9,12,21H,10-11,13H2,1H3;1H. The fourth-order valence-electron chi connectivity index (χ4n) is 3.29. The number of morpholine rings is 1. The van der Waals surface area contributed by atoms with Crippen LogP contribution in [-0.2, 0) is 10.5 Å². The maximum atomic E-state index is 10.8. The van der Waals surface area contributed by atoms with Gasteiger partial charge in [-0.15, -0.1) is 17.0 Å². The number of aliphatic hydroxyl groups is 1. The van der Waals surface area contributed by atoms with E-state index in [4.69, 9.17) is 4.74 Å². The average Bonchev–Trinajstić information content (AvgIpc) is 2.54. The molecule has 1 unspecified atom stereocenters. The minimum Gasteiger partial charge on any atom is -0.361 e. The van der Waals surface area contributed by atoms with Crippen LogP contribution < -0.4 is 0 Å². The van der Waals surface area contributed by atoms with Crippen LogP contribution in [0, 0.1) is 0 Å². The Morgan fingerprint density at radius 1 is 1.00 bits per heavy atom. The number of hydrogen-bond donors (Lipinski definition) is 1. The van der Waals surface area contributed by atoms with Crippen LogP contribution in [0.15, 0.2) is 54.6 Å². The SMILES string of the molecule is Br.CN1CCOC(O)(c2ccc3c(ccc4ccccc43)c2)C1. The third-order valence-corrected chi connectivity index (χ3v) is 4.49. The van der Waals surface area contributed by atoms with E-state index in [0.29, 0.717) is 13.2 Å². The van der Waals surface area contributed by atoms with E-state index in [9.17, 15) is 5.11 Å². The summed E-state index contributed by atoms with van der Waals surface area (Å²) in [7, 11) is 2.00. The van der Waals surface area contributed by atoms with Gasteiger partial charge in [-0.25, -0.2) is 0 Å². The molecule has 1 aliphatic rings. The predicted octanol–water partition coefficient (Wildman–Crippen LogP) is 3.68. The van der Waals surface area contributed by atoms with E-state index >= 15 is 0 Å². The Hall–Kier alpha value is -1.46. The maximum Gasteiger partial charge on any atom is 0.205 e. The van der Waals surface area contributed by atoms with Crippen LogP contribution in [0.2, 0.25) is 0 Å². The van der Waals surface area contributed by atoms with Gasteiger partial charge < -0.3 is 9.84 Å². The fourth-order valence-corrected chi connectivity index (χ4v) is 3.29. The number of likely N-dealkylation sites (N-methyl/N-ethyl adjacent to an activating group) is 1. The quantitative estimate of drug-likeness (QED) is 0.660. The molecule has 0 radical (unpaired) electrons. The molecule has 3 aromatic rings. The molecule has 0 aromatic heterocycles. The van der Waals surface area contributed by atoms with Crippen molar-refractivity contribution in [3.63, 3.8) is 0 Å². The zero-order valence-corrected chi connectivity index (χ0v) is 14.7. The zero-order valence-electron chi connectivity index (χ0n) is 13.0. The van der Waals surface area contributed by atoms with Gasteiger partial charge in [-0.1, -0.05) is 48.5 Å². The van der Waals surface area contributed by atoms with Gasteiger partial charge in [0.2, 0.25) is 5.79 Å². The number of halogens is 1. The Labute approximate surface area is 146 Å². The molecule has 0 saturated carbocycles. The van der Waals surface area contributed by atoms with Gasteiger partial charge in [-0.05, 0) is 34.7 Å². The van der Waals surface area contributed by atoms with Crippen LogP contribution in [-0.4, -0.2) is 36.8 Å². The van der Waals surface area contributed by atoms with Crippen LogP contribution in [0.4, 0.5) is 0 Å². The van der Waals surface area contributed by atoms with Crippen molar-refractivity contribution in [2.75, 3.05) is 26.7 Å². The molecule has 4 rings (SSSR count). The highest BCUT2D eigenvalue weighted by Gasteiger charge is 2.35. The summed E-state index contributed by atoms with van der Waals surface area (Å²) in [5.41, 5.74) is 0.821. The topological polar surface area (TPSA) is 32.7 Å². The third-order valence-electron chi connectivity index (χ3n) is 4.49. The molecule has 23 heavy (non-hydrogen) atoms. The summed E-state index contributed by atoms with van der Waals surface area (Å²) >= 11 is 0. The first-order chi connectivity index (χ1) is 10.7. The number of β-amino-alcohol motifs (C(OH)–C–C–N with tert-alkyl or cyclic N) is 1.